The average molecular weight is 375 g/mol. The van der Waals surface area contributed by atoms with Crippen LogP contribution in [0, 0.1) is 11.3 Å². The molecule has 3 rings (SSSR count). The molecular weight excluding hydrogens is 350 g/mol. The largest absolute Gasteiger partial charge is 0.348 e. The standard InChI is InChI=1S/C23H25N3O2/c24-13-12-18-6-5-7-21(16-18)22(27)25-17-19-8-10-20(11-9-19)23(28)26-14-3-1-2-4-15-26/h5-11,16H,1-4,12,14-15,17H2,(H,25,27). The van der Waals surface area contributed by atoms with E-state index >= 15 is 0 Å². The summed E-state index contributed by atoms with van der Waals surface area (Å²) < 4.78 is 0. The third kappa shape index (κ3) is 5.20. The Kier molecular flexibility index (Phi) is 6.80. The minimum Gasteiger partial charge on any atom is -0.348 e. The molecule has 0 saturated carbocycles. The van der Waals surface area contributed by atoms with Gasteiger partial charge >= 0.3 is 0 Å². The molecule has 1 N–H and O–H groups in total. The predicted octanol–water partition coefficient (Wildman–Crippen LogP) is 3.70. The first kappa shape index (κ1) is 19.6. The minimum atomic E-state index is -0.176. The fraction of sp³-hybridized carbons (Fsp3) is 0.348. The molecule has 1 aliphatic heterocycles. The zero-order chi connectivity index (χ0) is 19.8. The van der Waals surface area contributed by atoms with E-state index in [9.17, 15) is 9.59 Å². The van der Waals surface area contributed by atoms with Crippen molar-refractivity contribution in [3.63, 3.8) is 0 Å². The zero-order valence-corrected chi connectivity index (χ0v) is 16.0. The number of carbonyl (C=O) groups is 2. The van der Waals surface area contributed by atoms with Crippen molar-refractivity contribution >= 4 is 11.8 Å². The van der Waals surface area contributed by atoms with E-state index in [0.29, 0.717) is 17.7 Å². The summed E-state index contributed by atoms with van der Waals surface area (Å²) in [7, 11) is 0. The Morgan fingerprint density at radius 1 is 0.929 bits per heavy atom. The first-order valence-electron chi connectivity index (χ1n) is 9.79. The van der Waals surface area contributed by atoms with Gasteiger partial charge in [-0.05, 0) is 48.2 Å². The monoisotopic (exact) mass is 375 g/mol. The Labute approximate surface area is 166 Å². The topological polar surface area (TPSA) is 73.2 Å². The summed E-state index contributed by atoms with van der Waals surface area (Å²) in [6.07, 6.45) is 4.83. The second kappa shape index (κ2) is 9.70. The van der Waals surface area contributed by atoms with Crippen LogP contribution in [0.3, 0.4) is 0 Å². The van der Waals surface area contributed by atoms with Crippen LogP contribution in [0.1, 0.15) is 57.5 Å². The SMILES string of the molecule is N#CCc1cccc(C(=O)NCc2ccc(C(=O)N3CCCCCC3)cc2)c1. The fourth-order valence-corrected chi connectivity index (χ4v) is 3.42. The molecule has 2 aromatic rings. The van der Waals surface area contributed by atoms with Crippen LogP contribution in [0.4, 0.5) is 0 Å². The van der Waals surface area contributed by atoms with Gasteiger partial charge in [-0.25, -0.2) is 0 Å². The van der Waals surface area contributed by atoms with E-state index in [2.05, 4.69) is 11.4 Å². The molecule has 2 aromatic carbocycles. The highest BCUT2D eigenvalue weighted by Gasteiger charge is 2.17. The molecule has 0 unspecified atom stereocenters. The fourth-order valence-electron chi connectivity index (χ4n) is 3.42. The molecular formula is C23H25N3O2. The highest BCUT2D eigenvalue weighted by atomic mass is 16.2. The molecule has 5 nitrogen and oxygen atoms in total. The Hall–Kier alpha value is -3.13. The van der Waals surface area contributed by atoms with Crippen LogP contribution in [0.5, 0.6) is 0 Å². The first-order valence-corrected chi connectivity index (χ1v) is 9.79. The molecule has 1 saturated heterocycles. The van der Waals surface area contributed by atoms with Crippen molar-refractivity contribution in [3.8, 4) is 6.07 Å². The van der Waals surface area contributed by atoms with Crippen molar-refractivity contribution in [2.75, 3.05) is 13.1 Å². The Bertz CT molecular complexity index is 860. The smallest absolute Gasteiger partial charge is 0.253 e. The molecule has 0 aliphatic carbocycles. The van der Waals surface area contributed by atoms with Gasteiger partial charge in [0.25, 0.3) is 11.8 Å². The Morgan fingerprint density at radius 2 is 1.64 bits per heavy atom. The maximum Gasteiger partial charge on any atom is 0.253 e. The molecule has 0 atom stereocenters. The summed E-state index contributed by atoms with van der Waals surface area (Å²) >= 11 is 0. The van der Waals surface area contributed by atoms with Crippen molar-refractivity contribution in [3.05, 3.63) is 70.8 Å². The highest BCUT2D eigenvalue weighted by molar-refractivity contribution is 5.95. The van der Waals surface area contributed by atoms with Crippen molar-refractivity contribution in [1.82, 2.24) is 10.2 Å². The summed E-state index contributed by atoms with van der Waals surface area (Å²) in [6, 6.07) is 16.6. The molecule has 0 spiro atoms. The van der Waals surface area contributed by atoms with Crippen molar-refractivity contribution < 1.29 is 9.59 Å². The lowest BCUT2D eigenvalue weighted by Gasteiger charge is -2.20. The Balaban J connectivity index is 1.57. The summed E-state index contributed by atoms with van der Waals surface area (Å²) in [5.74, 6) is -0.0868. The maximum absolute atomic E-state index is 12.6. The van der Waals surface area contributed by atoms with Crippen LogP contribution in [0.2, 0.25) is 0 Å². The minimum absolute atomic E-state index is 0.0896. The van der Waals surface area contributed by atoms with Crippen LogP contribution in [-0.4, -0.2) is 29.8 Å². The lowest BCUT2D eigenvalue weighted by molar-refractivity contribution is 0.0761. The molecule has 0 aromatic heterocycles. The summed E-state index contributed by atoms with van der Waals surface area (Å²) in [5, 5.41) is 11.7. The van der Waals surface area contributed by atoms with Gasteiger partial charge in [0.1, 0.15) is 0 Å². The van der Waals surface area contributed by atoms with Crippen molar-refractivity contribution in [2.24, 2.45) is 0 Å². The van der Waals surface area contributed by atoms with E-state index in [-0.39, 0.29) is 18.2 Å². The van der Waals surface area contributed by atoms with E-state index < -0.39 is 0 Å². The number of likely N-dealkylation sites (tertiary alicyclic amines) is 1. The van der Waals surface area contributed by atoms with Crippen molar-refractivity contribution in [1.29, 1.82) is 5.26 Å². The molecule has 28 heavy (non-hydrogen) atoms. The predicted molar refractivity (Wildman–Crippen MR) is 108 cm³/mol. The van der Waals surface area contributed by atoms with Gasteiger partial charge in [-0.2, -0.15) is 5.26 Å². The van der Waals surface area contributed by atoms with Gasteiger partial charge in [-0.15, -0.1) is 0 Å². The van der Waals surface area contributed by atoms with Gasteiger partial charge in [-0.1, -0.05) is 37.1 Å². The van der Waals surface area contributed by atoms with Gasteiger partial charge in [0, 0.05) is 30.8 Å². The molecule has 0 bridgehead atoms. The number of nitrogens with one attached hydrogen (secondary N) is 1. The molecule has 0 radical (unpaired) electrons. The molecule has 1 fully saturated rings. The van der Waals surface area contributed by atoms with Gasteiger partial charge in [-0.3, -0.25) is 9.59 Å². The normalized spacial score (nSPS) is 14.0. The number of nitriles is 1. The third-order valence-electron chi connectivity index (χ3n) is 5.02. The van der Waals surface area contributed by atoms with E-state index in [1.165, 1.54) is 12.8 Å². The highest BCUT2D eigenvalue weighted by Crippen LogP contribution is 2.14. The lowest BCUT2D eigenvalue weighted by atomic mass is 10.1. The van der Waals surface area contributed by atoms with E-state index in [1.54, 1.807) is 18.2 Å². The number of nitrogens with zero attached hydrogens (tertiary/aromatic N) is 2. The first-order chi connectivity index (χ1) is 13.7. The summed E-state index contributed by atoms with van der Waals surface area (Å²) in [6.45, 7) is 2.06. The van der Waals surface area contributed by atoms with Crippen LogP contribution < -0.4 is 5.32 Å². The van der Waals surface area contributed by atoms with E-state index in [4.69, 9.17) is 5.26 Å². The van der Waals surface area contributed by atoms with Crippen molar-refractivity contribution in [2.45, 2.75) is 38.6 Å². The number of carbonyl (C=O) groups excluding carboxylic acids is 2. The van der Waals surface area contributed by atoms with Gasteiger partial charge < -0.3 is 10.2 Å². The number of hydrogen-bond acceptors (Lipinski definition) is 3. The molecule has 5 heteroatoms. The molecule has 144 valence electrons. The van der Waals surface area contributed by atoms with Crippen LogP contribution in [0.25, 0.3) is 0 Å². The Morgan fingerprint density at radius 3 is 2.32 bits per heavy atom. The van der Waals surface area contributed by atoms with Gasteiger partial charge in [0.15, 0.2) is 0 Å². The van der Waals surface area contributed by atoms with Crippen LogP contribution in [-0.2, 0) is 13.0 Å². The van der Waals surface area contributed by atoms with Gasteiger partial charge in [0.2, 0.25) is 0 Å². The molecule has 1 aliphatic rings. The number of benzene rings is 2. The lowest BCUT2D eigenvalue weighted by Crippen LogP contribution is -2.31. The molecule has 1 heterocycles. The third-order valence-corrected chi connectivity index (χ3v) is 5.02. The summed E-state index contributed by atoms with van der Waals surface area (Å²) in [4.78, 5) is 26.9. The zero-order valence-electron chi connectivity index (χ0n) is 16.0. The van der Waals surface area contributed by atoms with E-state index in [0.717, 1.165) is 37.1 Å². The number of amides is 2. The second-order valence-electron chi connectivity index (χ2n) is 7.12. The maximum atomic E-state index is 12.6. The second-order valence-corrected chi connectivity index (χ2v) is 7.12. The quantitative estimate of drug-likeness (QED) is 0.866. The molecule has 2 amide bonds. The number of rotatable bonds is 5. The van der Waals surface area contributed by atoms with Crippen LogP contribution >= 0.6 is 0 Å². The van der Waals surface area contributed by atoms with Crippen LogP contribution in [0.15, 0.2) is 48.5 Å². The van der Waals surface area contributed by atoms with E-state index in [1.807, 2.05) is 35.2 Å². The number of hydrogen-bond donors (Lipinski definition) is 1. The summed E-state index contributed by atoms with van der Waals surface area (Å²) in [5.41, 5.74) is 3.00. The van der Waals surface area contributed by atoms with Gasteiger partial charge in [0.05, 0.1) is 12.5 Å². The average Bonchev–Trinajstić information content (AvgIpc) is 3.02.